The maximum atomic E-state index is 5.80. The summed E-state index contributed by atoms with van der Waals surface area (Å²) in [6.45, 7) is 3.67. The van der Waals surface area contributed by atoms with Crippen LogP contribution in [0, 0.1) is 5.92 Å². The van der Waals surface area contributed by atoms with Gasteiger partial charge >= 0.3 is 0 Å². The molecule has 2 atom stereocenters. The first-order valence-corrected chi connectivity index (χ1v) is 7.00. The summed E-state index contributed by atoms with van der Waals surface area (Å²) in [7, 11) is 1.61. The Hall–Kier alpha value is -2.15. The average molecular weight is 289 g/mol. The molecule has 7 nitrogen and oxygen atoms in total. The molecule has 2 aromatic rings. The van der Waals surface area contributed by atoms with Gasteiger partial charge in [0.05, 0.1) is 25.3 Å². The van der Waals surface area contributed by atoms with E-state index in [1.165, 1.54) is 0 Å². The Kier molecular flexibility index (Phi) is 3.74. The SMILES string of the molecule is COc1cc(N)ccc1-c1nnnn1C(C)C1CCOC1. The van der Waals surface area contributed by atoms with Crippen LogP contribution in [0.5, 0.6) is 5.75 Å². The van der Waals surface area contributed by atoms with Gasteiger partial charge in [0.1, 0.15) is 5.75 Å². The van der Waals surface area contributed by atoms with E-state index in [-0.39, 0.29) is 6.04 Å². The monoisotopic (exact) mass is 289 g/mol. The molecule has 1 aromatic heterocycles. The van der Waals surface area contributed by atoms with Gasteiger partial charge in [-0.25, -0.2) is 4.68 Å². The summed E-state index contributed by atoms with van der Waals surface area (Å²) in [5, 5.41) is 12.1. The van der Waals surface area contributed by atoms with Crippen LogP contribution < -0.4 is 10.5 Å². The normalized spacial score (nSPS) is 19.6. The van der Waals surface area contributed by atoms with Crippen LogP contribution in [0.2, 0.25) is 0 Å². The maximum absolute atomic E-state index is 5.80. The second kappa shape index (κ2) is 5.69. The van der Waals surface area contributed by atoms with Gasteiger partial charge in [-0.15, -0.1) is 5.10 Å². The molecule has 0 radical (unpaired) electrons. The number of anilines is 1. The van der Waals surface area contributed by atoms with E-state index in [9.17, 15) is 0 Å². The van der Waals surface area contributed by atoms with Crippen LogP contribution >= 0.6 is 0 Å². The second-order valence-corrected chi connectivity index (χ2v) is 5.27. The van der Waals surface area contributed by atoms with Crippen molar-refractivity contribution < 1.29 is 9.47 Å². The lowest BCUT2D eigenvalue weighted by atomic mass is 10.0. The molecule has 0 saturated carbocycles. The largest absolute Gasteiger partial charge is 0.496 e. The van der Waals surface area contributed by atoms with Crippen molar-refractivity contribution in [1.82, 2.24) is 20.2 Å². The minimum atomic E-state index is 0.166. The van der Waals surface area contributed by atoms with Gasteiger partial charge < -0.3 is 15.2 Å². The van der Waals surface area contributed by atoms with Gasteiger partial charge in [0, 0.05) is 24.3 Å². The van der Waals surface area contributed by atoms with Gasteiger partial charge in [0.25, 0.3) is 0 Å². The molecule has 112 valence electrons. The van der Waals surface area contributed by atoms with E-state index < -0.39 is 0 Å². The number of nitrogens with two attached hydrogens (primary N) is 1. The summed E-state index contributed by atoms with van der Waals surface area (Å²) in [4.78, 5) is 0. The van der Waals surface area contributed by atoms with Crippen molar-refractivity contribution in [3.63, 3.8) is 0 Å². The predicted molar refractivity (Wildman–Crippen MR) is 77.9 cm³/mol. The molecule has 1 fully saturated rings. The fraction of sp³-hybridized carbons (Fsp3) is 0.500. The van der Waals surface area contributed by atoms with Crippen molar-refractivity contribution in [2.45, 2.75) is 19.4 Å². The second-order valence-electron chi connectivity index (χ2n) is 5.27. The molecular weight excluding hydrogens is 270 g/mol. The smallest absolute Gasteiger partial charge is 0.186 e. The number of tetrazole rings is 1. The van der Waals surface area contributed by atoms with Gasteiger partial charge in [0.2, 0.25) is 0 Å². The number of methoxy groups -OCH3 is 1. The van der Waals surface area contributed by atoms with Crippen LogP contribution in [-0.4, -0.2) is 40.5 Å². The molecule has 1 aliphatic rings. The van der Waals surface area contributed by atoms with Crippen molar-refractivity contribution in [3.05, 3.63) is 18.2 Å². The molecule has 2 N–H and O–H groups in total. The topological polar surface area (TPSA) is 88.1 Å². The molecule has 3 rings (SSSR count). The van der Waals surface area contributed by atoms with E-state index in [1.54, 1.807) is 13.2 Å². The Morgan fingerprint density at radius 2 is 2.33 bits per heavy atom. The summed E-state index contributed by atoms with van der Waals surface area (Å²) in [5.41, 5.74) is 7.28. The first kappa shape index (κ1) is 13.8. The highest BCUT2D eigenvalue weighted by atomic mass is 16.5. The summed E-state index contributed by atoms with van der Waals surface area (Å²) >= 11 is 0. The number of rotatable bonds is 4. The zero-order chi connectivity index (χ0) is 14.8. The molecule has 0 spiro atoms. The first-order valence-electron chi connectivity index (χ1n) is 7.00. The lowest BCUT2D eigenvalue weighted by molar-refractivity contribution is 0.173. The van der Waals surface area contributed by atoms with Crippen LogP contribution in [0.1, 0.15) is 19.4 Å². The zero-order valence-corrected chi connectivity index (χ0v) is 12.2. The quantitative estimate of drug-likeness (QED) is 0.859. The molecule has 0 aliphatic carbocycles. The summed E-state index contributed by atoms with van der Waals surface area (Å²) in [5.74, 6) is 1.78. The predicted octanol–water partition coefficient (Wildman–Crippen LogP) is 1.53. The van der Waals surface area contributed by atoms with Crippen LogP contribution in [0.4, 0.5) is 5.69 Å². The fourth-order valence-corrected chi connectivity index (χ4v) is 2.67. The Morgan fingerprint density at radius 3 is 3.05 bits per heavy atom. The van der Waals surface area contributed by atoms with Crippen molar-refractivity contribution in [2.75, 3.05) is 26.1 Å². The number of benzene rings is 1. The van der Waals surface area contributed by atoms with E-state index in [1.807, 2.05) is 16.8 Å². The third kappa shape index (κ3) is 2.56. The van der Waals surface area contributed by atoms with Gasteiger partial charge in [-0.3, -0.25) is 0 Å². The Bertz CT molecular complexity index is 622. The molecule has 1 saturated heterocycles. The molecule has 2 unspecified atom stereocenters. The first-order chi connectivity index (χ1) is 10.2. The molecule has 21 heavy (non-hydrogen) atoms. The lowest BCUT2D eigenvalue weighted by Crippen LogP contribution is -2.19. The Labute approximate surface area is 123 Å². The molecule has 1 aliphatic heterocycles. The molecular formula is C14H19N5O2. The number of nitrogen functional groups attached to an aromatic ring is 1. The number of aromatic nitrogens is 4. The van der Waals surface area contributed by atoms with E-state index in [0.717, 1.165) is 25.2 Å². The minimum Gasteiger partial charge on any atom is -0.496 e. The van der Waals surface area contributed by atoms with Crippen molar-refractivity contribution in [3.8, 4) is 17.1 Å². The van der Waals surface area contributed by atoms with Gasteiger partial charge in [-0.1, -0.05) is 0 Å². The van der Waals surface area contributed by atoms with E-state index in [2.05, 4.69) is 22.4 Å². The van der Waals surface area contributed by atoms with Gasteiger partial charge in [-0.2, -0.15) is 0 Å². The molecule has 0 bridgehead atoms. The minimum absolute atomic E-state index is 0.166. The highest BCUT2D eigenvalue weighted by molar-refractivity contribution is 5.67. The molecule has 1 aromatic carbocycles. The molecule has 0 amide bonds. The van der Waals surface area contributed by atoms with Crippen molar-refractivity contribution >= 4 is 5.69 Å². The summed E-state index contributed by atoms with van der Waals surface area (Å²) < 4.78 is 12.7. The van der Waals surface area contributed by atoms with Crippen LogP contribution in [0.3, 0.4) is 0 Å². The fourth-order valence-electron chi connectivity index (χ4n) is 2.67. The zero-order valence-electron chi connectivity index (χ0n) is 12.2. The number of ether oxygens (including phenoxy) is 2. The third-order valence-corrected chi connectivity index (χ3v) is 3.99. The van der Waals surface area contributed by atoms with Gasteiger partial charge in [-0.05, 0) is 35.9 Å². The van der Waals surface area contributed by atoms with Crippen molar-refractivity contribution in [2.24, 2.45) is 5.92 Å². The average Bonchev–Trinajstić information content (AvgIpc) is 3.17. The Morgan fingerprint density at radius 1 is 1.48 bits per heavy atom. The number of nitrogens with zero attached hydrogens (tertiary/aromatic N) is 4. The van der Waals surface area contributed by atoms with E-state index in [0.29, 0.717) is 23.2 Å². The standard InChI is InChI=1S/C14H19N5O2/c1-9(10-5-6-21-8-10)19-14(16-17-18-19)12-4-3-11(15)7-13(12)20-2/h3-4,7,9-10H,5-6,8,15H2,1-2H3. The summed E-state index contributed by atoms with van der Waals surface area (Å²) in [6.07, 6.45) is 1.03. The lowest BCUT2D eigenvalue weighted by Gasteiger charge is -2.19. The van der Waals surface area contributed by atoms with Crippen LogP contribution in [0.15, 0.2) is 18.2 Å². The highest BCUT2D eigenvalue weighted by Gasteiger charge is 2.27. The highest BCUT2D eigenvalue weighted by Crippen LogP contribution is 2.33. The Balaban J connectivity index is 1.98. The molecule has 7 heteroatoms. The van der Waals surface area contributed by atoms with Crippen LogP contribution in [0.25, 0.3) is 11.4 Å². The van der Waals surface area contributed by atoms with Crippen molar-refractivity contribution in [1.29, 1.82) is 0 Å². The maximum Gasteiger partial charge on any atom is 0.186 e. The molecule has 2 heterocycles. The number of hydrogen-bond acceptors (Lipinski definition) is 6. The van der Waals surface area contributed by atoms with Gasteiger partial charge in [0.15, 0.2) is 5.82 Å². The number of hydrogen-bond donors (Lipinski definition) is 1. The van der Waals surface area contributed by atoms with E-state index >= 15 is 0 Å². The third-order valence-electron chi connectivity index (χ3n) is 3.99. The summed E-state index contributed by atoms with van der Waals surface area (Å²) in [6, 6.07) is 5.64. The van der Waals surface area contributed by atoms with Crippen LogP contribution in [-0.2, 0) is 4.74 Å². The van der Waals surface area contributed by atoms with E-state index in [4.69, 9.17) is 15.2 Å².